The normalized spacial score (nSPS) is 11.6. The smallest absolute Gasteiger partial charge is 0.178 e. The zero-order chi connectivity index (χ0) is 29.0. The van der Waals surface area contributed by atoms with Gasteiger partial charge in [0.05, 0.1) is 5.56 Å². The van der Waals surface area contributed by atoms with Gasteiger partial charge >= 0.3 is 0 Å². The number of rotatable bonds is 4. The predicted octanol–water partition coefficient (Wildman–Crippen LogP) is 10.3. The van der Waals surface area contributed by atoms with Gasteiger partial charge in [0, 0.05) is 32.7 Å². The van der Waals surface area contributed by atoms with Crippen LogP contribution in [0.2, 0.25) is 0 Å². The van der Waals surface area contributed by atoms with Crippen LogP contribution >= 0.6 is 0 Å². The van der Waals surface area contributed by atoms with Crippen LogP contribution in [0.1, 0.15) is 0 Å². The largest absolute Gasteiger partial charge is 0.452 e. The van der Waals surface area contributed by atoms with Gasteiger partial charge in [0.1, 0.15) is 11.2 Å². The highest BCUT2D eigenvalue weighted by molar-refractivity contribution is 6.20. The summed E-state index contributed by atoms with van der Waals surface area (Å²) in [5.74, 6) is 1.75. The van der Waals surface area contributed by atoms with Crippen LogP contribution in [0, 0.1) is 0 Å². The van der Waals surface area contributed by atoms with E-state index in [4.69, 9.17) is 23.8 Å². The van der Waals surface area contributed by atoms with Crippen molar-refractivity contribution in [2.24, 2.45) is 0 Å². The van der Waals surface area contributed by atoms with E-state index in [0.717, 1.165) is 66.1 Å². The monoisotopic (exact) mass is 565 g/mol. The zero-order valence-electron chi connectivity index (χ0n) is 23.4. The van der Waals surface area contributed by atoms with E-state index < -0.39 is 0 Å². The van der Waals surface area contributed by atoms with Gasteiger partial charge in [0.25, 0.3) is 0 Å². The lowest BCUT2D eigenvalue weighted by molar-refractivity contribution is 0.633. The third kappa shape index (κ3) is 3.91. The van der Waals surface area contributed by atoms with Crippen LogP contribution in [0.4, 0.5) is 0 Å². The average Bonchev–Trinajstić information content (AvgIpc) is 3.68. The Morgan fingerprint density at radius 2 is 0.818 bits per heavy atom. The van der Waals surface area contributed by atoms with Crippen molar-refractivity contribution < 1.29 is 8.83 Å². The number of furan rings is 2. The fourth-order valence-corrected chi connectivity index (χ4v) is 6.00. The Balaban J connectivity index is 1.25. The first-order valence-corrected chi connectivity index (χ1v) is 14.5. The van der Waals surface area contributed by atoms with E-state index in [9.17, 15) is 0 Å². The molecule has 3 heterocycles. The van der Waals surface area contributed by atoms with Crippen LogP contribution in [0.5, 0.6) is 0 Å². The molecule has 0 aliphatic carbocycles. The van der Waals surface area contributed by atoms with Crippen LogP contribution in [-0.2, 0) is 0 Å². The standard InChI is InChI=1S/C39H23N3O2/c1-3-10-24(11-4-1)25-18-20-27(21-19-25)38-40-37(26-12-5-2-6-13-26)41-39(42-38)32-16-9-15-29-31-23-22-30-28-14-7-8-17-33(28)43-35(30)36(31)44-34(29)32/h1-23H. The van der Waals surface area contributed by atoms with Gasteiger partial charge in [0.2, 0.25) is 0 Å². The molecule has 206 valence electrons. The van der Waals surface area contributed by atoms with Crippen molar-refractivity contribution in [3.8, 4) is 45.3 Å². The quantitative estimate of drug-likeness (QED) is 0.212. The molecule has 5 heteroatoms. The molecule has 0 aliphatic heterocycles. The third-order valence-electron chi connectivity index (χ3n) is 8.17. The molecule has 9 aromatic rings. The minimum atomic E-state index is 0.548. The highest BCUT2D eigenvalue weighted by Crippen LogP contribution is 2.41. The highest BCUT2D eigenvalue weighted by atomic mass is 16.4. The summed E-state index contributed by atoms with van der Waals surface area (Å²) in [4.78, 5) is 14.9. The molecule has 0 atom stereocenters. The summed E-state index contributed by atoms with van der Waals surface area (Å²) in [5.41, 5.74) is 7.93. The summed E-state index contributed by atoms with van der Waals surface area (Å²) in [7, 11) is 0. The van der Waals surface area contributed by atoms with Gasteiger partial charge in [0.15, 0.2) is 28.6 Å². The SMILES string of the molecule is c1ccc(-c2ccc(-c3nc(-c4ccccc4)nc(-c4cccc5c4oc4c5ccc5c6ccccc6oc54)n3)cc2)cc1. The van der Waals surface area contributed by atoms with Crippen LogP contribution in [0.25, 0.3) is 89.2 Å². The maximum absolute atomic E-state index is 6.64. The van der Waals surface area contributed by atoms with Gasteiger partial charge in [-0.05, 0) is 35.4 Å². The lowest BCUT2D eigenvalue weighted by Crippen LogP contribution is -2.00. The van der Waals surface area contributed by atoms with Gasteiger partial charge in [-0.15, -0.1) is 0 Å². The Bertz CT molecular complexity index is 2480. The maximum atomic E-state index is 6.64. The first kappa shape index (κ1) is 24.5. The second-order valence-corrected chi connectivity index (χ2v) is 10.8. The molecule has 5 nitrogen and oxygen atoms in total. The minimum Gasteiger partial charge on any atom is -0.452 e. The molecule has 0 N–H and O–H groups in total. The molecule has 44 heavy (non-hydrogen) atoms. The fourth-order valence-electron chi connectivity index (χ4n) is 6.00. The molecule has 0 saturated heterocycles. The summed E-state index contributed by atoms with van der Waals surface area (Å²) < 4.78 is 12.9. The molecule has 6 aromatic carbocycles. The van der Waals surface area contributed by atoms with E-state index in [-0.39, 0.29) is 0 Å². The Labute approximate surface area is 252 Å². The summed E-state index contributed by atoms with van der Waals surface area (Å²) in [6, 6.07) is 47.1. The Hall–Kier alpha value is -6.07. The Morgan fingerprint density at radius 1 is 0.318 bits per heavy atom. The average molecular weight is 566 g/mol. The second kappa shape index (κ2) is 9.75. The predicted molar refractivity (Wildman–Crippen MR) is 176 cm³/mol. The Morgan fingerprint density at radius 3 is 1.57 bits per heavy atom. The molecule has 9 rings (SSSR count). The van der Waals surface area contributed by atoms with E-state index in [1.807, 2.05) is 78.9 Å². The first-order chi connectivity index (χ1) is 21.8. The molecule has 0 unspecified atom stereocenters. The zero-order valence-corrected chi connectivity index (χ0v) is 23.4. The van der Waals surface area contributed by atoms with E-state index in [0.29, 0.717) is 23.1 Å². The van der Waals surface area contributed by atoms with Gasteiger partial charge in [-0.3, -0.25) is 0 Å². The van der Waals surface area contributed by atoms with Crippen LogP contribution in [0.15, 0.2) is 148 Å². The van der Waals surface area contributed by atoms with Crippen molar-refractivity contribution in [1.82, 2.24) is 15.0 Å². The molecule has 0 aliphatic rings. The van der Waals surface area contributed by atoms with E-state index in [2.05, 4.69) is 60.7 Å². The Kier molecular flexibility index (Phi) is 5.43. The van der Waals surface area contributed by atoms with E-state index in [1.54, 1.807) is 0 Å². The second-order valence-electron chi connectivity index (χ2n) is 10.8. The van der Waals surface area contributed by atoms with Crippen molar-refractivity contribution in [3.63, 3.8) is 0 Å². The molecular weight excluding hydrogens is 542 g/mol. The van der Waals surface area contributed by atoms with E-state index >= 15 is 0 Å². The van der Waals surface area contributed by atoms with Crippen molar-refractivity contribution in [2.45, 2.75) is 0 Å². The number of para-hydroxylation sites is 2. The van der Waals surface area contributed by atoms with Crippen molar-refractivity contribution in [1.29, 1.82) is 0 Å². The van der Waals surface area contributed by atoms with Crippen LogP contribution < -0.4 is 0 Å². The summed E-state index contributed by atoms with van der Waals surface area (Å²) in [5, 5.41) is 4.07. The van der Waals surface area contributed by atoms with Crippen molar-refractivity contribution in [3.05, 3.63) is 140 Å². The molecule has 0 bridgehead atoms. The minimum absolute atomic E-state index is 0.548. The molecule has 0 radical (unpaired) electrons. The van der Waals surface area contributed by atoms with Gasteiger partial charge in [-0.1, -0.05) is 115 Å². The lowest BCUT2D eigenvalue weighted by atomic mass is 10.0. The third-order valence-corrected chi connectivity index (χ3v) is 8.17. The summed E-state index contributed by atoms with van der Waals surface area (Å²) >= 11 is 0. The number of benzene rings is 6. The van der Waals surface area contributed by atoms with Crippen LogP contribution in [0.3, 0.4) is 0 Å². The highest BCUT2D eigenvalue weighted by Gasteiger charge is 2.20. The summed E-state index contributed by atoms with van der Waals surface area (Å²) in [6.45, 7) is 0. The number of hydrogen-bond acceptors (Lipinski definition) is 5. The molecular formula is C39H23N3O2. The molecule has 0 fully saturated rings. The first-order valence-electron chi connectivity index (χ1n) is 14.5. The fraction of sp³-hybridized carbons (Fsp3) is 0. The lowest BCUT2D eigenvalue weighted by Gasteiger charge is -2.09. The molecule has 3 aromatic heterocycles. The van der Waals surface area contributed by atoms with Gasteiger partial charge in [-0.25, -0.2) is 15.0 Å². The molecule has 0 spiro atoms. The van der Waals surface area contributed by atoms with Crippen molar-refractivity contribution in [2.75, 3.05) is 0 Å². The van der Waals surface area contributed by atoms with Crippen LogP contribution in [-0.4, -0.2) is 15.0 Å². The van der Waals surface area contributed by atoms with Gasteiger partial charge in [-0.2, -0.15) is 0 Å². The topological polar surface area (TPSA) is 65.0 Å². The number of fused-ring (bicyclic) bond motifs is 7. The molecule has 0 amide bonds. The van der Waals surface area contributed by atoms with Gasteiger partial charge < -0.3 is 8.83 Å². The molecule has 0 saturated carbocycles. The van der Waals surface area contributed by atoms with Crippen molar-refractivity contribution >= 4 is 43.9 Å². The summed E-state index contributed by atoms with van der Waals surface area (Å²) in [6.07, 6.45) is 0. The number of hydrogen-bond donors (Lipinski definition) is 0. The van der Waals surface area contributed by atoms with E-state index in [1.165, 1.54) is 0 Å². The number of nitrogens with zero attached hydrogens (tertiary/aromatic N) is 3. The number of aromatic nitrogens is 3. The maximum Gasteiger partial charge on any atom is 0.178 e.